The zero-order valence-corrected chi connectivity index (χ0v) is 13.1. The van der Waals surface area contributed by atoms with E-state index in [2.05, 4.69) is 36.3 Å². The first-order valence-corrected chi connectivity index (χ1v) is 7.33. The van der Waals surface area contributed by atoms with Crippen LogP contribution in [0.15, 0.2) is 24.4 Å². The maximum Gasteiger partial charge on any atom is 0.183 e. The highest BCUT2D eigenvalue weighted by atomic mass is 32.1. The summed E-state index contributed by atoms with van der Waals surface area (Å²) in [6, 6.07) is 6.39. The molecule has 0 radical (unpaired) electrons. The number of aryl methyl sites for hydroxylation is 1. The number of nitrogens with zero attached hydrogens (tertiary/aromatic N) is 1. The fourth-order valence-electron chi connectivity index (χ4n) is 2.01. The number of hydrogen-bond donors (Lipinski definition) is 1. The molecule has 1 atom stereocenters. The van der Waals surface area contributed by atoms with Crippen LogP contribution in [0.3, 0.4) is 0 Å². The van der Waals surface area contributed by atoms with Gasteiger partial charge in [0.15, 0.2) is 11.5 Å². The van der Waals surface area contributed by atoms with Gasteiger partial charge in [-0.2, -0.15) is 0 Å². The molecular formula is C15H20N2O2S. The number of hydrogen-bond acceptors (Lipinski definition) is 5. The molecule has 20 heavy (non-hydrogen) atoms. The van der Waals surface area contributed by atoms with Crippen LogP contribution in [0.25, 0.3) is 0 Å². The molecule has 0 aliphatic heterocycles. The van der Waals surface area contributed by atoms with Gasteiger partial charge >= 0.3 is 0 Å². The summed E-state index contributed by atoms with van der Waals surface area (Å²) < 4.78 is 10.7. The molecular weight excluding hydrogens is 272 g/mol. The fraction of sp³-hybridized carbons (Fsp3) is 0.400. The summed E-state index contributed by atoms with van der Waals surface area (Å²) in [7, 11) is 3.27. The first-order valence-electron chi connectivity index (χ1n) is 6.51. The predicted molar refractivity (Wildman–Crippen MR) is 81.7 cm³/mol. The standard InChI is InChI=1S/C15H20N2O2S/c1-10-5-6-14(20-10)11(2)17-9-12-15(19-4)13(18-3)7-8-16-12/h5-8,11,17H,9H2,1-4H3. The number of nitrogens with one attached hydrogen (secondary N) is 1. The summed E-state index contributed by atoms with van der Waals surface area (Å²) in [5.74, 6) is 1.40. The highest BCUT2D eigenvalue weighted by Crippen LogP contribution is 2.29. The first-order chi connectivity index (χ1) is 9.65. The summed E-state index contributed by atoms with van der Waals surface area (Å²) in [4.78, 5) is 7.01. The Morgan fingerprint density at radius 3 is 2.65 bits per heavy atom. The van der Waals surface area contributed by atoms with E-state index < -0.39 is 0 Å². The van der Waals surface area contributed by atoms with Gasteiger partial charge in [-0.15, -0.1) is 11.3 Å². The molecule has 0 fully saturated rings. The van der Waals surface area contributed by atoms with E-state index in [9.17, 15) is 0 Å². The second-order valence-corrected chi connectivity index (χ2v) is 5.86. The van der Waals surface area contributed by atoms with Crippen molar-refractivity contribution in [1.29, 1.82) is 0 Å². The quantitative estimate of drug-likeness (QED) is 0.887. The normalized spacial score (nSPS) is 12.2. The summed E-state index contributed by atoms with van der Waals surface area (Å²) in [6.45, 7) is 4.91. The lowest BCUT2D eigenvalue weighted by atomic mass is 10.2. The Kier molecular flexibility index (Phi) is 4.98. The molecule has 2 heterocycles. The predicted octanol–water partition coefficient (Wildman–Crippen LogP) is 3.32. The smallest absolute Gasteiger partial charge is 0.183 e. The number of pyridine rings is 1. The molecule has 0 spiro atoms. The van der Waals surface area contributed by atoms with Gasteiger partial charge in [0.05, 0.1) is 19.9 Å². The van der Waals surface area contributed by atoms with Crippen LogP contribution in [0.4, 0.5) is 0 Å². The number of aromatic nitrogens is 1. The van der Waals surface area contributed by atoms with Crippen LogP contribution >= 0.6 is 11.3 Å². The molecule has 0 aliphatic carbocycles. The van der Waals surface area contributed by atoms with Crippen molar-refractivity contribution < 1.29 is 9.47 Å². The summed E-state index contributed by atoms with van der Waals surface area (Å²) >= 11 is 1.81. The molecule has 5 heteroatoms. The minimum atomic E-state index is 0.284. The van der Waals surface area contributed by atoms with E-state index in [0.29, 0.717) is 18.0 Å². The molecule has 4 nitrogen and oxygen atoms in total. The summed E-state index contributed by atoms with van der Waals surface area (Å²) in [5.41, 5.74) is 0.854. The van der Waals surface area contributed by atoms with Crippen LogP contribution in [0.2, 0.25) is 0 Å². The highest BCUT2D eigenvalue weighted by Gasteiger charge is 2.13. The fourth-order valence-corrected chi connectivity index (χ4v) is 2.92. The van der Waals surface area contributed by atoms with Crippen molar-refractivity contribution in [2.75, 3.05) is 14.2 Å². The van der Waals surface area contributed by atoms with Crippen LogP contribution in [-0.2, 0) is 6.54 Å². The molecule has 2 aromatic heterocycles. The monoisotopic (exact) mass is 292 g/mol. The van der Waals surface area contributed by atoms with Crippen molar-refractivity contribution >= 4 is 11.3 Å². The van der Waals surface area contributed by atoms with E-state index in [1.807, 2.05) is 11.3 Å². The molecule has 2 aromatic rings. The summed E-state index contributed by atoms with van der Waals surface area (Å²) in [5, 5.41) is 3.47. The van der Waals surface area contributed by atoms with Gasteiger partial charge in [-0.1, -0.05) is 0 Å². The van der Waals surface area contributed by atoms with E-state index in [4.69, 9.17) is 9.47 Å². The molecule has 0 saturated heterocycles. The van der Waals surface area contributed by atoms with Crippen molar-refractivity contribution in [2.45, 2.75) is 26.4 Å². The average molecular weight is 292 g/mol. The molecule has 0 bridgehead atoms. The molecule has 1 unspecified atom stereocenters. The molecule has 0 aromatic carbocycles. The van der Waals surface area contributed by atoms with Gasteiger partial charge in [-0.3, -0.25) is 4.98 Å². The summed E-state index contributed by atoms with van der Waals surface area (Å²) in [6.07, 6.45) is 1.73. The van der Waals surface area contributed by atoms with E-state index in [0.717, 1.165) is 5.69 Å². The first kappa shape index (κ1) is 14.8. The van der Waals surface area contributed by atoms with Crippen LogP contribution in [0.1, 0.15) is 28.4 Å². The van der Waals surface area contributed by atoms with Gasteiger partial charge in [0.2, 0.25) is 0 Å². The van der Waals surface area contributed by atoms with E-state index in [1.165, 1.54) is 9.75 Å². The van der Waals surface area contributed by atoms with Gasteiger partial charge in [0, 0.05) is 34.6 Å². The van der Waals surface area contributed by atoms with Gasteiger partial charge in [0.1, 0.15) is 0 Å². The van der Waals surface area contributed by atoms with E-state index >= 15 is 0 Å². The minimum absolute atomic E-state index is 0.284. The maximum absolute atomic E-state index is 5.38. The van der Waals surface area contributed by atoms with Gasteiger partial charge in [-0.25, -0.2) is 0 Å². The molecule has 2 rings (SSSR count). The van der Waals surface area contributed by atoms with Crippen LogP contribution in [0, 0.1) is 6.92 Å². The Morgan fingerprint density at radius 1 is 1.25 bits per heavy atom. The lowest BCUT2D eigenvalue weighted by Crippen LogP contribution is -2.18. The number of rotatable bonds is 6. The van der Waals surface area contributed by atoms with Crippen LogP contribution in [-0.4, -0.2) is 19.2 Å². The van der Waals surface area contributed by atoms with Crippen molar-refractivity contribution in [3.8, 4) is 11.5 Å². The Hall–Kier alpha value is -1.59. The molecule has 0 saturated carbocycles. The third-order valence-electron chi connectivity index (χ3n) is 3.13. The Balaban J connectivity index is 2.07. The molecule has 1 N–H and O–H groups in total. The highest BCUT2D eigenvalue weighted by molar-refractivity contribution is 7.12. The van der Waals surface area contributed by atoms with Gasteiger partial charge in [-0.05, 0) is 26.0 Å². The van der Waals surface area contributed by atoms with Crippen molar-refractivity contribution in [1.82, 2.24) is 10.3 Å². The number of ether oxygens (including phenoxy) is 2. The topological polar surface area (TPSA) is 43.4 Å². The van der Waals surface area contributed by atoms with Gasteiger partial charge in [0.25, 0.3) is 0 Å². The number of methoxy groups -OCH3 is 2. The largest absolute Gasteiger partial charge is 0.493 e. The van der Waals surface area contributed by atoms with Crippen molar-refractivity contribution in [3.05, 3.63) is 39.8 Å². The van der Waals surface area contributed by atoms with E-state index in [-0.39, 0.29) is 6.04 Å². The lowest BCUT2D eigenvalue weighted by Gasteiger charge is -2.15. The maximum atomic E-state index is 5.38. The third kappa shape index (κ3) is 3.29. The zero-order valence-electron chi connectivity index (χ0n) is 12.3. The van der Waals surface area contributed by atoms with Crippen LogP contribution < -0.4 is 14.8 Å². The minimum Gasteiger partial charge on any atom is -0.493 e. The van der Waals surface area contributed by atoms with Crippen LogP contribution in [0.5, 0.6) is 11.5 Å². The Morgan fingerprint density at radius 2 is 2.05 bits per heavy atom. The number of thiophene rings is 1. The van der Waals surface area contributed by atoms with E-state index in [1.54, 1.807) is 26.5 Å². The Labute approximate surface area is 123 Å². The SMILES string of the molecule is COc1ccnc(CNC(C)c2ccc(C)s2)c1OC. The van der Waals surface area contributed by atoms with Gasteiger partial charge < -0.3 is 14.8 Å². The van der Waals surface area contributed by atoms with Crippen molar-refractivity contribution in [2.24, 2.45) is 0 Å². The second-order valence-electron chi connectivity index (χ2n) is 4.54. The molecule has 108 valence electrons. The second kappa shape index (κ2) is 6.72. The van der Waals surface area contributed by atoms with Crippen molar-refractivity contribution in [3.63, 3.8) is 0 Å². The zero-order chi connectivity index (χ0) is 14.5. The Bertz CT molecular complexity index is 569. The molecule has 0 amide bonds. The third-order valence-corrected chi connectivity index (χ3v) is 4.31. The lowest BCUT2D eigenvalue weighted by molar-refractivity contribution is 0.347. The molecule has 0 aliphatic rings. The average Bonchev–Trinajstić information content (AvgIpc) is 2.90.